The van der Waals surface area contributed by atoms with Gasteiger partial charge in [0.1, 0.15) is 0 Å². The van der Waals surface area contributed by atoms with E-state index in [1.807, 2.05) is 37.6 Å². The van der Waals surface area contributed by atoms with Crippen LogP contribution >= 0.6 is 0 Å². The first-order valence-corrected chi connectivity index (χ1v) is 13.4. The molecule has 0 radical (unpaired) electrons. The second-order valence-electron chi connectivity index (χ2n) is 8.23. The van der Waals surface area contributed by atoms with Crippen LogP contribution in [-0.2, 0) is 19.9 Å². The van der Waals surface area contributed by atoms with Crippen molar-refractivity contribution in [2.45, 2.75) is 38.1 Å². The third-order valence-electron chi connectivity index (χ3n) is 6.05. The Kier molecular flexibility index (Phi) is 5.44. The molecule has 30 heavy (non-hydrogen) atoms. The van der Waals surface area contributed by atoms with Crippen LogP contribution in [0.2, 0.25) is 0 Å². The summed E-state index contributed by atoms with van der Waals surface area (Å²) in [5, 5.41) is 4.64. The Morgan fingerprint density at radius 1 is 1.00 bits per heavy atom. The van der Waals surface area contributed by atoms with Gasteiger partial charge in [-0.1, -0.05) is 17.7 Å². The maximum Gasteiger partial charge on any atom is 0.243 e. The topological polar surface area (TPSA) is 92.6 Å². The standard InChI is InChI=1S/C20H28N4O4S2/c1-15-4-6-19(7-5-15)30(27,28)23-11-9-22(10-12-23)20-16(2)21-24(17(20)3)18-8-13-29(25,26)14-18/h4-7,18H,8-14H2,1-3H3. The minimum atomic E-state index is -3.51. The predicted octanol–water partition coefficient (Wildman–Crippen LogP) is 1.68. The molecule has 8 nitrogen and oxygen atoms in total. The lowest BCUT2D eigenvalue weighted by Gasteiger charge is -2.35. The minimum absolute atomic E-state index is 0.120. The summed E-state index contributed by atoms with van der Waals surface area (Å²) in [6, 6.07) is 6.82. The van der Waals surface area contributed by atoms with E-state index >= 15 is 0 Å². The van der Waals surface area contributed by atoms with Crippen LogP contribution in [-0.4, -0.2) is 68.6 Å². The first-order valence-electron chi connectivity index (χ1n) is 10.2. The summed E-state index contributed by atoms with van der Waals surface area (Å²) in [6.45, 7) is 7.77. The van der Waals surface area contributed by atoms with Gasteiger partial charge in [-0.25, -0.2) is 16.8 Å². The molecule has 164 valence electrons. The highest BCUT2D eigenvalue weighted by Gasteiger charge is 2.34. The summed E-state index contributed by atoms with van der Waals surface area (Å²) < 4.78 is 53.0. The first kappa shape index (κ1) is 21.3. The third-order valence-corrected chi connectivity index (χ3v) is 9.72. The lowest BCUT2D eigenvalue weighted by molar-refractivity contribution is 0.384. The van der Waals surface area contributed by atoms with E-state index in [2.05, 4.69) is 10.00 Å². The number of benzene rings is 1. The van der Waals surface area contributed by atoms with Gasteiger partial charge in [0.15, 0.2) is 9.84 Å². The Morgan fingerprint density at radius 3 is 2.20 bits per heavy atom. The molecule has 0 amide bonds. The number of hydrogen-bond donors (Lipinski definition) is 0. The average Bonchev–Trinajstić information content (AvgIpc) is 3.20. The smallest absolute Gasteiger partial charge is 0.243 e. The van der Waals surface area contributed by atoms with Crippen molar-refractivity contribution in [3.05, 3.63) is 41.2 Å². The van der Waals surface area contributed by atoms with Crippen LogP contribution in [0.1, 0.15) is 29.4 Å². The van der Waals surface area contributed by atoms with Crippen LogP contribution in [0.4, 0.5) is 5.69 Å². The van der Waals surface area contributed by atoms with Gasteiger partial charge in [-0.2, -0.15) is 9.40 Å². The molecule has 2 fully saturated rings. The molecule has 0 bridgehead atoms. The van der Waals surface area contributed by atoms with Crippen LogP contribution in [0, 0.1) is 20.8 Å². The maximum atomic E-state index is 12.9. The molecule has 2 saturated heterocycles. The number of aromatic nitrogens is 2. The Balaban J connectivity index is 1.50. The summed E-state index contributed by atoms with van der Waals surface area (Å²) in [5.74, 6) is 0.345. The van der Waals surface area contributed by atoms with Crippen LogP contribution < -0.4 is 4.90 Å². The van der Waals surface area contributed by atoms with Crippen molar-refractivity contribution < 1.29 is 16.8 Å². The lowest BCUT2D eigenvalue weighted by atomic mass is 10.2. The molecular weight excluding hydrogens is 424 g/mol. The summed E-state index contributed by atoms with van der Waals surface area (Å²) >= 11 is 0. The number of nitrogens with zero attached hydrogens (tertiary/aromatic N) is 4. The Labute approximate surface area is 178 Å². The van der Waals surface area contributed by atoms with Crippen LogP contribution in [0.25, 0.3) is 0 Å². The molecule has 0 saturated carbocycles. The molecule has 2 aromatic rings. The minimum Gasteiger partial charge on any atom is -0.366 e. The summed E-state index contributed by atoms with van der Waals surface area (Å²) in [7, 11) is -6.50. The van der Waals surface area contributed by atoms with E-state index in [0.29, 0.717) is 37.5 Å². The van der Waals surface area contributed by atoms with Gasteiger partial charge in [0.05, 0.1) is 39.5 Å². The Bertz CT molecular complexity index is 1150. The fraction of sp³-hybridized carbons (Fsp3) is 0.550. The molecule has 10 heteroatoms. The van der Waals surface area contributed by atoms with E-state index in [1.165, 1.54) is 4.31 Å². The van der Waals surface area contributed by atoms with Gasteiger partial charge in [0.2, 0.25) is 10.0 Å². The zero-order chi connectivity index (χ0) is 21.7. The van der Waals surface area contributed by atoms with E-state index in [9.17, 15) is 16.8 Å². The van der Waals surface area contributed by atoms with Crippen molar-refractivity contribution >= 4 is 25.5 Å². The molecular formula is C20H28N4O4S2. The van der Waals surface area contributed by atoms with Crippen molar-refractivity contribution in [1.82, 2.24) is 14.1 Å². The normalized spacial score (nSPS) is 22.5. The van der Waals surface area contributed by atoms with Crippen molar-refractivity contribution in [2.75, 3.05) is 42.6 Å². The Morgan fingerprint density at radius 2 is 1.63 bits per heavy atom. The molecule has 2 aliphatic heterocycles. The van der Waals surface area contributed by atoms with E-state index in [4.69, 9.17) is 0 Å². The number of sulfonamides is 1. The van der Waals surface area contributed by atoms with Gasteiger partial charge < -0.3 is 4.90 Å². The van der Waals surface area contributed by atoms with Crippen LogP contribution in [0.15, 0.2) is 29.2 Å². The van der Waals surface area contributed by atoms with E-state index < -0.39 is 19.9 Å². The quantitative estimate of drug-likeness (QED) is 0.701. The SMILES string of the molecule is Cc1ccc(S(=O)(=O)N2CCN(c3c(C)nn(C4CCS(=O)(=O)C4)c3C)CC2)cc1. The van der Waals surface area contributed by atoms with Gasteiger partial charge >= 0.3 is 0 Å². The Hall–Kier alpha value is -1.91. The average molecular weight is 453 g/mol. The van der Waals surface area contributed by atoms with Gasteiger partial charge in [-0.15, -0.1) is 0 Å². The predicted molar refractivity (Wildman–Crippen MR) is 116 cm³/mol. The van der Waals surface area contributed by atoms with Gasteiger partial charge in [0, 0.05) is 26.2 Å². The van der Waals surface area contributed by atoms with Crippen LogP contribution in [0.3, 0.4) is 0 Å². The lowest BCUT2D eigenvalue weighted by Crippen LogP contribution is -2.49. The molecule has 0 spiro atoms. The monoisotopic (exact) mass is 452 g/mol. The number of anilines is 1. The zero-order valence-electron chi connectivity index (χ0n) is 17.6. The van der Waals surface area contributed by atoms with Crippen molar-refractivity contribution in [3.8, 4) is 0 Å². The highest BCUT2D eigenvalue weighted by Crippen LogP contribution is 2.32. The molecule has 1 unspecified atom stereocenters. The second-order valence-corrected chi connectivity index (χ2v) is 12.4. The van der Waals surface area contributed by atoms with Crippen molar-refractivity contribution in [1.29, 1.82) is 0 Å². The van der Waals surface area contributed by atoms with Crippen molar-refractivity contribution in [3.63, 3.8) is 0 Å². The number of aryl methyl sites for hydroxylation is 2. The highest BCUT2D eigenvalue weighted by molar-refractivity contribution is 7.91. The molecule has 1 aromatic heterocycles. The second kappa shape index (κ2) is 7.65. The molecule has 3 heterocycles. The summed E-state index contributed by atoms with van der Waals surface area (Å²) in [5.41, 5.74) is 3.82. The van der Waals surface area contributed by atoms with E-state index in [1.54, 1.807) is 12.1 Å². The fourth-order valence-corrected chi connectivity index (χ4v) is 7.56. The zero-order valence-corrected chi connectivity index (χ0v) is 19.2. The molecule has 2 aliphatic rings. The third kappa shape index (κ3) is 3.88. The largest absolute Gasteiger partial charge is 0.366 e. The summed E-state index contributed by atoms with van der Waals surface area (Å²) in [4.78, 5) is 2.49. The van der Waals surface area contributed by atoms with Crippen LogP contribution in [0.5, 0.6) is 0 Å². The van der Waals surface area contributed by atoms with E-state index in [0.717, 1.165) is 22.6 Å². The van der Waals surface area contributed by atoms with E-state index in [-0.39, 0.29) is 17.5 Å². The van der Waals surface area contributed by atoms with Crippen molar-refractivity contribution in [2.24, 2.45) is 0 Å². The number of rotatable bonds is 4. The molecule has 4 rings (SSSR count). The number of hydrogen-bond acceptors (Lipinski definition) is 6. The first-order chi connectivity index (χ1) is 14.1. The van der Waals surface area contributed by atoms with Gasteiger partial charge in [-0.3, -0.25) is 4.68 Å². The summed E-state index contributed by atoms with van der Waals surface area (Å²) in [6.07, 6.45) is 0.590. The number of sulfone groups is 1. The van der Waals surface area contributed by atoms with Gasteiger partial charge in [-0.05, 0) is 39.3 Å². The molecule has 1 atom stereocenters. The fourth-order valence-electron chi connectivity index (χ4n) is 4.45. The number of piperazine rings is 1. The van der Waals surface area contributed by atoms with Gasteiger partial charge in [0.25, 0.3) is 0 Å². The molecule has 1 aromatic carbocycles. The maximum absolute atomic E-state index is 12.9. The molecule has 0 aliphatic carbocycles. The highest BCUT2D eigenvalue weighted by atomic mass is 32.2. The molecule has 0 N–H and O–H groups in total.